The third-order valence-electron chi connectivity index (χ3n) is 4.22. The molecule has 128 valence electrons. The van der Waals surface area contributed by atoms with E-state index < -0.39 is 0 Å². The molecule has 1 aromatic carbocycles. The molecule has 4 heteroatoms. The fourth-order valence-electron chi connectivity index (χ4n) is 3.09. The minimum atomic E-state index is -0.340. The van der Waals surface area contributed by atoms with Crippen LogP contribution in [0.3, 0.4) is 0 Å². The number of benzene rings is 1. The quantitative estimate of drug-likeness (QED) is 0.898. The highest BCUT2D eigenvalue weighted by Crippen LogP contribution is 2.16. The fraction of sp³-hybridized carbons (Fsp3) is 0.400. The summed E-state index contributed by atoms with van der Waals surface area (Å²) >= 11 is 0. The van der Waals surface area contributed by atoms with Crippen molar-refractivity contribution < 1.29 is 4.79 Å². The van der Waals surface area contributed by atoms with Crippen LogP contribution in [0.5, 0.6) is 0 Å². The van der Waals surface area contributed by atoms with Crippen LogP contribution in [0.1, 0.15) is 52.6 Å². The Morgan fingerprint density at radius 1 is 1.04 bits per heavy atom. The second-order valence-electron chi connectivity index (χ2n) is 6.45. The molecule has 1 N–H and O–H groups in total. The van der Waals surface area contributed by atoms with Crippen molar-refractivity contribution >= 4 is 11.6 Å². The number of amides is 1. The number of pyridine rings is 1. The number of hydrogen-bond acceptors (Lipinski definition) is 2. The van der Waals surface area contributed by atoms with Crippen LogP contribution in [0, 0.1) is 27.7 Å². The van der Waals surface area contributed by atoms with Gasteiger partial charge in [0.2, 0.25) is 0 Å². The van der Waals surface area contributed by atoms with Crippen LogP contribution >= 0.6 is 0 Å². The highest BCUT2D eigenvalue weighted by Gasteiger charge is 2.17. The molecule has 0 fully saturated rings. The highest BCUT2D eigenvalue weighted by molar-refractivity contribution is 6.05. The molecule has 1 heterocycles. The molecule has 1 amide bonds. The summed E-state index contributed by atoms with van der Waals surface area (Å²) in [5.41, 5.74) is 4.51. The van der Waals surface area contributed by atoms with E-state index in [4.69, 9.17) is 0 Å². The fourth-order valence-corrected chi connectivity index (χ4v) is 3.09. The topological polar surface area (TPSA) is 51.1 Å². The largest absolute Gasteiger partial charge is 0.348 e. The van der Waals surface area contributed by atoms with E-state index in [1.54, 1.807) is 6.07 Å². The van der Waals surface area contributed by atoms with Gasteiger partial charge < -0.3 is 9.88 Å². The lowest BCUT2D eigenvalue weighted by Gasteiger charge is -2.17. The molecule has 0 unspecified atom stereocenters. The van der Waals surface area contributed by atoms with Gasteiger partial charge in [-0.25, -0.2) is 0 Å². The Labute approximate surface area is 143 Å². The lowest BCUT2D eigenvalue weighted by molar-refractivity contribution is 0.102. The van der Waals surface area contributed by atoms with E-state index in [-0.39, 0.29) is 16.9 Å². The number of carbonyl (C=O) groups excluding carboxylic acids is 1. The molecule has 2 rings (SSSR count). The van der Waals surface area contributed by atoms with Crippen molar-refractivity contribution in [1.29, 1.82) is 0 Å². The summed E-state index contributed by atoms with van der Waals surface area (Å²) in [6.45, 7) is 10.7. The molecule has 0 bridgehead atoms. The van der Waals surface area contributed by atoms with Crippen molar-refractivity contribution in [3.05, 3.63) is 62.6 Å². The number of aromatic nitrogens is 1. The average Bonchev–Trinajstić information content (AvgIpc) is 2.45. The van der Waals surface area contributed by atoms with Crippen LogP contribution in [0.25, 0.3) is 0 Å². The number of rotatable bonds is 5. The molecule has 1 aromatic heterocycles. The van der Waals surface area contributed by atoms with Crippen LogP contribution in [-0.4, -0.2) is 10.5 Å². The molecule has 4 nitrogen and oxygen atoms in total. The summed E-state index contributed by atoms with van der Waals surface area (Å²) in [5, 5.41) is 2.87. The van der Waals surface area contributed by atoms with Gasteiger partial charge in [0.25, 0.3) is 5.91 Å². The summed E-state index contributed by atoms with van der Waals surface area (Å²) < 4.78 is 2.06. The smallest absolute Gasteiger partial charge is 0.261 e. The normalized spacial score (nSPS) is 10.7. The maximum atomic E-state index is 12.7. The minimum Gasteiger partial charge on any atom is -0.348 e. The standard InChI is InChI=1S/C20H26N2O2/c1-6-7-8-22-15(4)12-18(23)19(16(22)5)20(24)21-17-10-13(2)9-14(3)11-17/h9-12H,6-8H2,1-5H3,(H,21,24). The predicted octanol–water partition coefficient (Wildman–Crippen LogP) is 4.13. The van der Waals surface area contributed by atoms with Gasteiger partial charge in [0.05, 0.1) is 0 Å². The zero-order valence-electron chi connectivity index (χ0n) is 15.2. The maximum Gasteiger partial charge on any atom is 0.261 e. The van der Waals surface area contributed by atoms with Crippen molar-refractivity contribution in [1.82, 2.24) is 4.57 Å². The second kappa shape index (κ2) is 7.47. The number of aryl methyl sites for hydroxylation is 3. The monoisotopic (exact) mass is 326 g/mol. The molecule has 0 radical (unpaired) electrons. The number of anilines is 1. The van der Waals surface area contributed by atoms with E-state index in [9.17, 15) is 9.59 Å². The summed E-state index contributed by atoms with van der Waals surface area (Å²) in [5.74, 6) is -0.340. The van der Waals surface area contributed by atoms with E-state index in [0.29, 0.717) is 0 Å². The molecule has 0 atom stereocenters. The molecule has 2 aromatic rings. The van der Waals surface area contributed by atoms with Crippen LogP contribution < -0.4 is 10.7 Å². The molecule has 0 aliphatic carbocycles. The Bertz CT molecular complexity index is 799. The van der Waals surface area contributed by atoms with Crippen LogP contribution in [0.4, 0.5) is 5.69 Å². The van der Waals surface area contributed by atoms with Crippen molar-refractivity contribution in [3.63, 3.8) is 0 Å². The molecule has 0 aliphatic heterocycles. The van der Waals surface area contributed by atoms with E-state index in [0.717, 1.165) is 47.6 Å². The number of carbonyl (C=O) groups is 1. The van der Waals surface area contributed by atoms with Crippen molar-refractivity contribution in [2.75, 3.05) is 5.32 Å². The molecule has 0 saturated carbocycles. The SMILES string of the molecule is CCCCn1c(C)cc(=O)c(C(=O)Nc2cc(C)cc(C)c2)c1C. The summed E-state index contributed by atoms with van der Waals surface area (Å²) in [4.78, 5) is 25.1. The van der Waals surface area contributed by atoms with E-state index in [2.05, 4.69) is 16.8 Å². The molecule has 24 heavy (non-hydrogen) atoms. The number of unbranched alkanes of at least 4 members (excludes halogenated alkanes) is 1. The van der Waals surface area contributed by atoms with Crippen molar-refractivity contribution in [2.24, 2.45) is 0 Å². The van der Waals surface area contributed by atoms with Gasteiger partial charge >= 0.3 is 0 Å². The van der Waals surface area contributed by atoms with E-state index in [1.807, 2.05) is 45.9 Å². The first kappa shape index (κ1) is 18.0. The molecular weight excluding hydrogens is 300 g/mol. The third kappa shape index (κ3) is 3.94. The number of nitrogens with zero attached hydrogens (tertiary/aromatic N) is 1. The maximum absolute atomic E-state index is 12.7. The Morgan fingerprint density at radius 2 is 1.67 bits per heavy atom. The van der Waals surface area contributed by atoms with Gasteiger partial charge in [-0.15, -0.1) is 0 Å². The van der Waals surface area contributed by atoms with Gasteiger partial charge in [0, 0.05) is 29.7 Å². The van der Waals surface area contributed by atoms with Gasteiger partial charge in [0.1, 0.15) is 5.56 Å². The minimum absolute atomic E-state index is 0.223. The van der Waals surface area contributed by atoms with Crippen LogP contribution in [-0.2, 0) is 6.54 Å². The second-order valence-corrected chi connectivity index (χ2v) is 6.45. The van der Waals surface area contributed by atoms with Crippen LogP contribution in [0.2, 0.25) is 0 Å². The van der Waals surface area contributed by atoms with E-state index >= 15 is 0 Å². The van der Waals surface area contributed by atoms with Gasteiger partial charge in [-0.05, 0) is 57.4 Å². The predicted molar refractivity (Wildman–Crippen MR) is 99.0 cm³/mol. The number of hydrogen-bond donors (Lipinski definition) is 1. The van der Waals surface area contributed by atoms with Gasteiger partial charge in [-0.3, -0.25) is 9.59 Å². The third-order valence-corrected chi connectivity index (χ3v) is 4.22. The lowest BCUT2D eigenvalue weighted by Crippen LogP contribution is -2.27. The first-order valence-corrected chi connectivity index (χ1v) is 8.44. The summed E-state index contributed by atoms with van der Waals surface area (Å²) in [7, 11) is 0. The zero-order chi connectivity index (χ0) is 17.9. The van der Waals surface area contributed by atoms with E-state index in [1.165, 1.54) is 0 Å². The molecule has 0 aliphatic rings. The summed E-state index contributed by atoms with van der Waals surface area (Å²) in [6.07, 6.45) is 2.08. The van der Waals surface area contributed by atoms with Crippen molar-refractivity contribution in [3.8, 4) is 0 Å². The van der Waals surface area contributed by atoms with Crippen LogP contribution in [0.15, 0.2) is 29.1 Å². The Kier molecular flexibility index (Phi) is 5.60. The first-order chi connectivity index (χ1) is 11.3. The van der Waals surface area contributed by atoms with Crippen molar-refractivity contribution in [2.45, 2.75) is 54.0 Å². The Balaban J connectivity index is 2.40. The Hall–Kier alpha value is -2.36. The van der Waals surface area contributed by atoms with Gasteiger partial charge in [-0.1, -0.05) is 19.4 Å². The molecule has 0 saturated heterocycles. The summed E-state index contributed by atoms with van der Waals surface area (Å²) in [6, 6.07) is 7.41. The number of nitrogens with one attached hydrogen (secondary N) is 1. The Morgan fingerprint density at radius 3 is 2.25 bits per heavy atom. The molecule has 0 spiro atoms. The molecular formula is C20H26N2O2. The lowest BCUT2D eigenvalue weighted by atomic mass is 10.1. The average molecular weight is 326 g/mol. The zero-order valence-corrected chi connectivity index (χ0v) is 15.2. The first-order valence-electron chi connectivity index (χ1n) is 8.44. The van der Waals surface area contributed by atoms with Gasteiger partial charge in [0.15, 0.2) is 5.43 Å². The highest BCUT2D eigenvalue weighted by atomic mass is 16.2. The van der Waals surface area contributed by atoms with Gasteiger partial charge in [-0.2, -0.15) is 0 Å².